The molecule has 0 bridgehead atoms. The second-order valence-electron chi connectivity index (χ2n) is 4.58. The third-order valence-corrected chi connectivity index (χ3v) is 3.29. The van der Waals surface area contributed by atoms with Crippen molar-refractivity contribution in [3.05, 3.63) is 23.8 Å². The molecule has 1 aliphatic heterocycles. The zero-order valence-corrected chi connectivity index (χ0v) is 12.6. The SMILES string of the molecule is COc1ccc(C(=O)N[C@@H]2CCCNC2)c(OC)c1.Cl. The summed E-state index contributed by atoms with van der Waals surface area (Å²) in [5.41, 5.74) is 0.536. The summed E-state index contributed by atoms with van der Waals surface area (Å²) in [6, 6.07) is 5.39. The maximum absolute atomic E-state index is 12.2. The number of hydrogen-bond acceptors (Lipinski definition) is 4. The standard InChI is InChI=1S/C14H20N2O3.ClH/c1-18-11-5-6-12(13(8-11)19-2)14(17)16-10-4-3-7-15-9-10;/h5-6,8,10,15H,3-4,7,9H2,1-2H3,(H,16,17);1H/t10-;/m1./s1. The van der Waals surface area contributed by atoms with E-state index in [4.69, 9.17) is 9.47 Å². The molecule has 1 amide bonds. The summed E-state index contributed by atoms with van der Waals surface area (Å²) < 4.78 is 10.4. The number of carbonyl (C=O) groups is 1. The van der Waals surface area contributed by atoms with Gasteiger partial charge in [-0.15, -0.1) is 12.4 Å². The molecule has 112 valence electrons. The minimum atomic E-state index is -0.104. The van der Waals surface area contributed by atoms with E-state index in [9.17, 15) is 4.79 Å². The van der Waals surface area contributed by atoms with E-state index in [2.05, 4.69) is 10.6 Å². The van der Waals surface area contributed by atoms with Crippen molar-refractivity contribution in [3.63, 3.8) is 0 Å². The summed E-state index contributed by atoms with van der Waals surface area (Å²) in [7, 11) is 3.13. The average Bonchev–Trinajstić information content (AvgIpc) is 2.47. The molecule has 1 atom stereocenters. The van der Waals surface area contributed by atoms with Crippen LogP contribution in [0, 0.1) is 0 Å². The van der Waals surface area contributed by atoms with Crippen LogP contribution in [0.5, 0.6) is 11.5 Å². The number of hydrogen-bond donors (Lipinski definition) is 2. The van der Waals surface area contributed by atoms with E-state index >= 15 is 0 Å². The van der Waals surface area contributed by atoms with Gasteiger partial charge in [0.15, 0.2) is 0 Å². The molecule has 20 heavy (non-hydrogen) atoms. The molecule has 0 spiro atoms. The smallest absolute Gasteiger partial charge is 0.255 e. The Labute approximate surface area is 125 Å². The van der Waals surface area contributed by atoms with E-state index in [0.717, 1.165) is 25.9 Å². The minimum Gasteiger partial charge on any atom is -0.497 e. The van der Waals surface area contributed by atoms with Crippen LogP contribution in [0.1, 0.15) is 23.2 Å². The van der Waals surface area contributed by atoms with Gasteiger partial charge in [0, 0.05) is 18.7 Å². The predicted octanol–water partition coefficient (Wildman–Crippen LogP) is 1.61. The Morgan fingerprint density at radius 3 is 2.75 bits per heavy atom. The van der Waals surface area contributed by atoms with Crippen molar-refractivity contribution in [2.45, 2.75) is 18.9 Å². The van der Waals surface area contributed by atoms with Crippen LogP contribution in [0.4, 0.5) is 0 Å². The molecule has 1 aromatic carbocycles. The molecule has 2 rings (SSSR count). The van der Waals surface area contributed by atoms with Crippen LogP contribution in [-0.2, 0) is 0 Å². The lowest BCUT2D eigenvalue weighted by molar-refractivity contribution is 0.0927. The molecule has 0 aromatic heterocycles. The molecular weight excluding hydrogens is 280 g/mol. The molecule has 1 heterocycles. The number of ether oxygens (including phenoxy) is 2. The van der Waals surface area contributed by atoms with Crippen LogP contribution in [0.15, 0.2) is 18.2 Å². The van der Waals surface area contributed by atoms with Gasteiger partial charge in [-0.3, -0.25) is 4.79 Å². The minimum absolute atomic E-state index is 0. The number of rotatable bonds is 4. The van der Waals surface area contributed by atoms with Crippen LogP contribution in [0.3, 0.4) is 0 Å². The van der Waals surface area contributed by atoms with Gasteiger partial charge in [-0.25, -0.2) is 0 Å². The highest BCUT2D eigenvalue weighted by Gasteiger charge is 2.19. The molecule has 6 heteroatoms. The lowest BCUT2D eigenvalue weighted by atomic mass is 10.1. The van der Waals surface area contributed by atoms with Crippen molar-refractivity contribution in [3.8, 4) is 11.5 Å². The van der Waals surface area contributed by atoms with Crippen LogP contribution in [0.2, 0.25) is 0 Å². The first-order valence-corrected chi connectivity index (χ1v) is 6.48. The molecule has 0 radical (unpaired) electrons. The van der Waals surface area contributed by atoms with Gasteiger partial charge in [0.1, 0.15) is 11.5 Å². The van der Waals surface area contributed by atoms with E-state index in [1.54, 1.807) is 32.4 Å². The molecule has 5 nitrogen and oxygen atoms in total. The number of amides is 1. The van der Waals surface area contributed by atoms with Crippen LogP contribution in [-0.4, -0.2) is 39.3 Å². The van der Waals surface area contributed by atoms with E-state index in [0.29, 0.717) is 17.1 Å². The van der Waals surface area contributed by atoms with Crippen molar-refractivity contribution >= 4 is 18.3 Å². The predicted molar refractivity (Wildman–Crippen MR) is 80.2 cm³/mol. The molecule has 0 unspecified atom stereocenters. The van der Waals surface area contributed by atoms with Gasteiger partial charge < -0.3 is 20.1 Å². The van der Waals surface area contributed by atoms with Crippen molar-refractivity contribution in [2.24, 2.45) is 0 Å². The number of halogens is 1. The summed E-state index contributed by atoms with van der Waals surface area (Å²) in [6.45, 7) is 1.85. The van der Waals surface area contributed by atoms with E-state index < -0.39 is 0 Å². The maximum Gasteiger partial charge on any atom is 0.255 e. The van der Waals surface area contributed by atoms with Crippen molar-refractivity contribution < 1.29 is 14.3 Å². The Hall–Kier alpha value is -1.46. The average molecular weight is 301 g/mol. The molecule has 2 N–H and O–H groups in total. The highest BCUT2D eigenvalue weighted by molar-refractivity contribution is 5.97. The number of piperidine rings is 1. The summed E-state index contributed by atoms with van der Waals surface area (Å²) in [4.78, 5) is 12.2. The third kappa shape index (κ3) is 4.02. The van der Waals surface area contributed by atoms with Gasteiger partial charge in [0.2, 0.25) is 0 Å². The first kappa shape index (κ1) is 16.6. The Morgan fingerprint density at radius 2 is 2.15 bits per heavy atom. The first-order valence-electron chi connectivity index (χ1n) is 6.48. The van der Waals surface area contributed by atoms with Crippen LogP contribution in [0.25, 0.3) is 0 Å². The van der Waals surface area contributed by atoms with Gasteiger partial charge in [-0.05, 0) is 31.5 Å². The lowest BCUT2D eigenvalue weighted by Gasteiger charge is -2.24. The fourth-order valence-electron chi connectivity index (χ4n) is 2.22. The molecule has 1 fully saturated rings. The van der Waals surface area contributed by atoms with Crippen molar-refractivity contribution in [1.29, 1.82) is 0 Å². The third-order valence-electron chi connectivity index (χ3n) is 3.29. The van der Waals surface area contributed by atoms with Gasteiger partial charge in [-0.1, -0.05) is 0 Å². The quantitative estimate of drug-likeness (QED) is 0.887. The van der Waals surface area contributed by atoms with Gasteiger partial charge in [0.25, 0.3) is 5.91 Å². The topological polar surface area (TPSA) is 59.6 Å². The zero-order chi connectivity index (χ0) is 13.7. The first-order chi connectivity index (χ1) is 9.24. The highest BCUT2D eigenvalue weighted by atomic mass is 35.5. The summed E-state index contributed by atoms with van der Waals surface area (Å²) >= 11 is 0. The normalized spacial score (nSPS) is 17.8. The van der Waals surface area contributed by atoms with Gasteiger partial charge >= 0.3 is 0 Å². The molecular formula is C14H21ClN2O3. The fourth-order valence-corrected chi connectivity index (χ4v) is 2.22. The number of carbonyl (C=O) groups excluding carboxylic acids is 1. The number of benzene rings is 1. The molecule has 1 aromatic rings. The molecule has 1 saturated heterocycles. The zero-order valence-electron chi connectivity index (χ0n) is 11.8. The van der Waals surface area contributed by atoms with Crippen LogP contribution < -0.4 is 20.1 Å². The second-order valence-corrected chi connectivity index (χ2v) is 4.58. The van der Waals surface area contributed by atoms with Crippen molar-refractivity contribution in [1.82, 2.24) is 10.6 Å². The second kappa shape index (κ2) is 7.97. The largest absolute Gasteiger partial charge is 0.497 e. The monoisotopic (exact) mass is 300 g/mol. The number of methoxy groups -OCH3 is 2. The molecule has 0 aliphatic carbocycles. The summed E-state index contributed by atoms with van der Waals surface area (Å²) in [5, 5.41) is 6.30. The summed E-state index contributed by atoms with van der Waals surface area (Å²) in [6.07, 6.45) is 2.10. The summed E-state index contributed by atoms with van der Waals surface area (Å²) in [5.74, 6) is 1.10. The Bertz CT molecular complexity index is 448. The highest BCUT2D eigenvalue weighted by Crippen LogP contribution is 2.24. The Kier molecular flexibility index (Phi) is 6.61. The maximum atomic E-state index is 12.2. The van der Waals surface area contributed by atoms with E-state index in [-0.39, 0.29) is 24.4 Å². The lowest BCUT2D eigenvalue weighted by Crippen LogP contribution is -2.45. The van der Waals surface area contributed by atoms with Gasteiger partial charge in [0.05, 0.1) is 19.8 Å². The van der Waals surface area contributed by atoms with Crippen molar-refractivity contribution in [2.75, 3.05) is 27.3 Å². The Morgan fingerprint density at radius 1 is 1.35 bits per heavy atom. The number of nitrogens with one attached hydrogen (secondary N) is 2. The van der Waals surface area contributed by atoms with E-state index in [1.807, 2.05) is 0 Å². The molecule has 0 saturated carbocycles. The fraction of sp³-hybridized carbons (Fsp3) is 0.500. The Balaban J connectivity index is 0.00000200. The van der Waals surface area contributed by atoms with E-state index in [1.165, 1.54) is 0 Å². The molecule has 1 aliphatic rings. The van der Waals surface area contributed by atoms with Gasteiger partial charge in [-0.2, -0.15) is 0 Å². The van der Waals surface area contributed by atoms with Crippen LogP contribution >= 0.6 is 12.4 Å².